The molecule has 6 aromatic rings. The number of aromatic nitrogens is 2. The van der Waals surface area contributed by atoms with E-state index in [2.05, 4.69) is 55.2 Å². The van der Waals surface area contributed by atoms with E-state index in [1.807, 2.05) is 37.4 Å². The molecule has 4 heteroatoms. The molecule has 0 aliphatic carbocycles. The second-order valence-corrected chi connectivity index (χ2v) is 8.07. The number of furan rings is 2. The van der Waals surface area contributed by atoms with Crippen molar-refractivity contribution in [2.75, 3.05) is 0 Å². The van der Waals surface area contributed by atoms with Crippen LogP contribution in [-0.4, -0.2) is 9.97 Å². The molecule has 0 fully saturated rings. The predicted molar refractivity (Wildman–Crippen MR) is 124 cm³/mol. The first kappa shape index (κ1) is 17.9. The smallest absolute Gasteiger partial charge is 0.227 e. The molecule has 0 saturated carbocycles. The van der Waals surface area contributed by atoms with Gasteiger partial charge in [0.15, 0.2) is 0 Å². The Balaban J connectivity index is 1.54. The van der Waals surface area contributed by atoms with Crippen molar-refractivity contribution in [3.8, 4) is 22.6 Å². The van der Waals surface area contributed by atoms with Gasteiger partial charge in [-0.15, -0.1) is 0 Å². The van der Waals surface area contributed by atoms with Gasteiger partial charge in [-0.05, 0) is 56.2 Å². The van der Waals surface area contributed by atoms with Crippen LogP contribution in [0, 0.1) is 20.8 Å². The minimum absolute atomic E-state index is 0.652. The molecule has 0 radical (unpaired) electrons. The molecule has 4 heterocycles. The van der Waals surface area contributed by atoms with Crippen LogP contribution in [0.4, 0.5) is 0 Å². The zero-order chi connectivity index (χ0) is 21.1. The average Bonchev–Trinajstić information content (AvgIpc) is 3.33. The lowest BCUT2D eigenvalue weighted by atomic mass is 10.0. The standard InChI is InChI=1S/C27H20N2O2/c1-15-6-4-7-16(2)25(15)24-12-18-14-28-22(13-23(18)30-24)21-9-5-8-19-20-11-10-17(3)29-27(20)31-26(19)21/h4-14H,1-3H3. The number of nitrogens with zero attached hydrogens (tertiary/aromatic N) is 2. The Morgan fingerprint density at radius 2 is 1.58 bits per heavy atom. The van der Waals surface area contributed by atoms with Crippen LogP contribution < -0.4 is 0 Å². The summed E-state index contributed by atoms with van der Waals surface area (Å²) in [5.74, 6) is 0.867. The van der Waals surface area contributed by atoms with Gasteiger partial charge in [0.05, 0.1) is 5.69 Å². The van der Waals surface area contributed by atoms with Gasteiger partial charge in [-0.1, -0.05) is 30.3 Å². The Morgan fingerprint density at radius 1 is 0.774 bits per heavy atom. The van der Waals surface area contributed by atoms with E-state index in [0.29, 0.717) is 5.71 Å². The molecule has 0 unspecified atom stereocenters. The van der Waals surface area contributed by atoms with E-state index in [9.17, 15) is 0 Å². The highest BCUT2D eigenvalue weighted by Crippen LogP contribution is 2.37. The highest BCUT2D eigenvalue weighted by molar-refractivity contribution is 6.08. The highest BCUT2D eigenvalue weighted by Gasteiger charge is 2.16. The number of rotatable bonds is 2. The summed E-state index contributed by atoms with van der Waals surface area (Å²) < 4.78 is 12.4. The summed E-state index contributed by atoms with van der Waals surface area (Å²) in [6, 6.07) is 20.5. The normalized spacial score (nSPS) is 11.7. The van der Waals surface area contributed by atoms with Crippen LogP contribution in [0.1, 0.15) is 16.8 Å². The zero-order valence-corrected chi connectivity index (χ0v) is 17.6. The summed E-state index contributed by atoms with van der Waals surface area (Å²) in [6.45, 7) is 6.18. The monoisotopic (exact) mass is 404 g/mol. The van der Waals surface area contributed by atoms with E-state index in [4.69, 9.17) is 13.8 Å². The summed E-state index contributed by atoms with van der Waals surface area (Å²) in [7, 11) is 0. The SMILES string of the molecule is Cc1ccc2c(n1)oc1c(-c3cc4oc(-c5c(C)cccc5C)cc4cn3)cccc12. The third-order valence-corrected chi connectivity index (χ3v) is 5.91. The number of pyridine rings is 2. The van der Waals surface area contributed by atoms with Gasteiger partial charge >= 0.3 is 0 Å². The van der Waals surface area contributed by atoms with Crippen LogP contribution in [0.3, 0.4) is 0 Å². The molecule has 0 aliphatic heterocycles. The number of para-hydroxylation sites is 1. The molecule has 4 aromatic heterocycles. The first-order valence-electron chi connectivity index (χ1n) is 10.3. The third kappa shape index (κ3) is 2.76. The van der Waals surface area contributed by atoms with E-state index in [-0.39, 0.29) is 0 Å². The van der Waals surface area contributed by atoms with Crippen molar-refractivity contribution >= 4 is 33.0 Å². The van der Waals surface area contributed by atoms with E-state index < -0.39 is 0 Å². The van der Waals surface area contributed by atoms with Crippen molar-refractivity contribution in [2.24, 2.45) is 0 Å². The molecule has 0 saturated heterocycles. The molecule has 2 aromatic carbocycles. The van der Waals surface area contributed by atoms with Crippen molar-refractivity contribution in [1.29, 1.82) is 0 Å². The van der Waals surface area contributed by atoms with Gasteiger partial charge in [-0.2, -0.15) is 0 Å². The molecule has 150 valence electrons. The molecular weight excluding hydrogens is 384 g/mol. The Bertz CT molecular complexity index is 1600. The highest BCUT2D eigenvalue weighted by atomic mass is 16.3. The summed E-state index contributed by atoms with van der Waals surface area (Å²) in [5.41, 5.74) is 8.47. The molecule has 0 bridgehead atoms. The fourth-order valence-corrected chi connectivity index (χ4v) is 4.38. The number of aryl methyl sites for hydroxylation is 3. The molecular formula is C27H20N2O2. The van der Waals surface area contributed by atoms with E-state index in [1.165, 1.54) is 11.1 Å². The lowest BCUT2D eigenvalue weighted by Gasteiger charge is -2.05. The maximum atomic E-state index is 6.28. The summed E-state index contributed by atoms with van der Waals surface area (Å²) in [4.78, 5) is 9.27. The van der Waals surface area contributed by atoms with E-state index >= 15 is 0 Å². The largest absolute Gasteiger partial charge is 0.456 e. The molecule has 0 N–H and O–H groups in total. The second kappa shape index (κ2) is 6.54. The van der Waals surface area contributed by atoms with Gasteiger partial charge in [0.2, 0.25) is 5.71 Å². The fraction of sp³-hybridized carbons (Fsp3) is 0.111. The number of benzene rings is 2. The molecule has 4 nitrogen and oxygen atoms in total. The van der Waals surface area contributed by atoms with Crippen molar-refractivity contribution < 1.29 is 8.83 Å². The first-order chi connectivity index (χ1) is 15.1. The van der Waals surface area contributed by atoms with Crippen molar-refractivity contribution in [3.05, 3.63) is 83.7 Å². The molecule has 0 amide bonds. The van der Waals surface area contributed by atoms with E-state index in [1.54, 1.807) is 0 Å². The molecule has 0 atom stereocenters. The summed E-state index contributed by atoms with van der Waals surface area (Å²) in [5, 5.41) is 3.03. The number of fused-ring (bicyclic) bond motifs is 4. The zero-order valence-electron chi connectivity index (χ0n) is 17.6. The summed E-state index contributed by atoms with van der Waals surface area (Å²) in [6.07, 6.45) is 1.87. The average molecular weight is 404 g/mol. The Kier molecular flexibility index (Phi) is 3.78. The lowest BCUT2D eigenvalue weighted by Crippen LogP contribution is -1.85. The van der Waals surface area contributed by atoms with Crippen molar-refractivity contribution in [2.45, 2.75) is 20.8 Å². The van der Waals surface area contributed by atoms with Crippen LogP contribution in [0.5, 0.6) is 0 Å². The second-order valence-electron chi connectivity index (χ2n) is 8.07. The van der Waals surface area contributed by atoms with Gasteiger partial charge in [0, 0.05) is 45.2 Å². The molecule has 31 heavy (non-hydrogen) atoms. The minimum Gasteiger partial charge on any atom is -0.456 e. The van der Waals surface area contributed by atoms with Crippen LogP contribution in [0.25, 0.3) is 55.6 Å². The topological polar surface area (TPSA) is 52.1 Å². The maximum absolute atomic E-state index is 6.28. The van der Waals surface area contributed by atoms with Crippen LogP contribution >= 0.6 is 0 Å². The van der Waals surface area contributed by atoms with Gasteiger partial charge in [-0.3, -0.25) is 4.98 Å². The quantitative estimate of drug-likeness (QED) is 0.302. The van der Waals surface area contributed by atoms with Crippen LogP contribution in [-0.2, 0) is 0 Å². The number of hydrogen-bond acceptors (Lipinski definition) is 4. The third-order valence-electron chi connectivity index (χ3n) is 5.91. The Hall–Kier alpha value is -3.92. The predicted octanol–water partition coefficient (Wildman–Crippen LogP) is 7.38. The fourth-order valence-electron chi connectivity index (χ4n) is 4.38. The Morgan fingerprint density at radius 3 is 2.42 bits per heavy atom. The van der Waals surface area contributed by atoms with Gasteiger partial charge in [-0.25, -0.2) is 4.98 Å². The van der Waals surface area contributed by atoms with Gasteiger partial charge < -0.3 is 8.83 Å². The molecule has 0 aliphatic rings. The van der Waals surface area contributed by atoms with Crippen LogP contribution in [0.2, 0.25) is 0 Å². The molecule has 0 spiro atoms. The number of hydrogen-bond donors (Lipinski definition) is 0. The minimum atomic E-state index is 0.652. The van der Waals surface area contributed by atoms with Crippen LogP contribution in [0.15, 0.2) is 75.7 Å². The van der Waals surface area contributed by atoms with Gasteiger partial charge in [0.1, 0.15) is 16.9 Å². The summed E-state index contributed by atoms with van der Waals surface area (Å²) >= 11 is 0. The lowest BCUT2D eigenvalue weighted by molar-refractivity contribution is 0.630. The van der Waals surface area contributed by atoms with E-state index in [0.717, 1.165) is 55.6 Å². The maximum Gasteiger partial charge on any atom is 0.227 e. The van der Waals surface area contributed by atoms with Gasteiger partial charge in [0.25, 0.3) is 0 Å². The first-order valence-corrected chi connectivity index (χ1v) is 10.3. The van der Waals surface area contributed by atoms with Crippen molar-refractivity contribution in [1.82, 2.24) is 9.97 Å². The Labute approximate surface area is 179 Å². The van der Waals surface area contributed by atoms with Crippen molar-refractivity contribution in [3.63, 3.8) is 0 Å². The molecule has 6 rings (SSSR count).